The molecule has 16 heavy (non-hydrogen) atoms. The van der Waals surface area contributed by atoms with Gasteiger partial charge in [-0.05, 0) is 41.6 Å². The molecular formula is C13H13O2S. The monoisotopic (exact) mass is 233 g/mol. The Bertz CT molecular complexity index is 488. The van der Waals surface area contributed by atoms with E-state index >= 15 is 0 Å². The first kappa shape index (κ1) is 11.0. The van der Waals surface area contributed by atoms with Crippen LogP contribution in [0.4, 0.5) is 0 Å². The summed E-state index contributed by atoms with van der Waals surface area (Å²) in [6.45, 7) is 2.05. The molecule has 1 heterocycles. The van der Waals surface area contributed by atoms with E-state index in [1.807, 2.05) is 25.1 Å². The minimum absolute atomic E-state index is 0.835. The standard InChI is InChI=1S/C13H13O2S/c1-9-7-16-8-12(9)11-6-10(14-2)4-5-13(11)15-3/h4-6,8H,1-3H3. The summed E-state index contributed by atoms with van der Waals surface area (Å²) in [4.78, 5) is 0. The van der Waals surface area contributed by atoms with Crippen molar-refractivity contribution in [2.45, 2.75) is 6.92 Å². The lowest BCUT2D eigenvalue weighted by molar-refractivity contribution is 0.404. The topological polar surface area (TPSA) is 18.5 Å². The molecule has 0 unspecified atom stereocenters. The summed E-state index contributed by atoms with van der Waals surface area (Å²) in [5, 5.41) is 5.28. The molecule has 2 nitrogen and oxygen atoms in total. The lowest BCUT2D eigenvalue weighted by Gasteiger charge is -2.10. The molecule has 0 saturated carbocycles. The van der Waals surface area contributed by atoms with Gasteiger partial charge in [-0.25, -0.2) is 0 Å². The molecule has 3 heteroatoms. The van der Waals surface area contributed by atoms with Crippen LogP contribution in [0.3, 0.4) is 0 Å². The fourth-order valence-electron chi connectivity index (χ4n) is 1.61. The van der Waals surface area contributed by atoms with Crippen molar-refractivity contribution < 1.29 is 9.47 Å². The molecule has 1 radical (unpaired) electrons. The first-order valence-corrected chi connectivity index (χ1v) is 5.82. The minimum Gasteiger partial charge on any atom is -0.497 e. The number of rotatable bonds is 3. The van der Waals surface area contributed by atoms with Crippen LogP contribution in [0.1, 0.15) is 5.56 Å². The lowest BCUT2D eigenvalue weighted by Crippen LogP contribution is -1.90. The van der Waals surface area contributed by atoms with Gasteiger partial charge in [0, 0.05) is 10.9 Å². The zero-order valence-corrected chi connectivity index (χ0v) is 10.4. The Kier molecular flexibility index (Phi) is 3.15. The molecule has 0 bridgehead atoms. The Morgan fingerprint density at radius 3 is 2.50 bits per heavy atom. The molecule has 1 aromatic heterocycles. The first-order valence-electron chi connectivity index (χ1n) is 4.94. The van der Waals surface area contributed by atoms with E-state index in [4.69, 9.17) is 9.47 Å². The van der Waals surface area contributed by atoms with Crippen molar-refractivity contribution in [2.75, 3.05) is 14.2 Å². The van der Waals surface area contributed by atoms with Crippen LogP contribution in [0.5, 0.6) is 11.5 Å². The van der Waals surface area contributed by atoms with Crippen molar-refractivity contribution in [1.29, 1.82) is 0 Å². The Labute approximate surface area is 99.5 Å². The van der Waals surface area contributed by atoms with E-state index in [1.54, 1.807) is 25.6 Å². The van der Waals surface area contributed by atoms with Gasteiger partial charge in [0.1, 0.15) is 11.5 Å². The molecule has 0 spiro atoms. The maximum absolute atomic E-state index is 5.36. The largest absolute Gasteiger partial charge is 0.497 e. The highest BCUT2D eigenvalue weighted by molar-refractivity contribution is 7.07. The zero-order valence-electron chi connectivity index (χ0n) is 9.53. The molecule has 83 valence electrons. The van der Waals surface area contributed by atoms with Crippen LogP contribution in [0.2, 0.25) is 0 Å². The maximum atomic E-state index is 5.36. The molecule has 0 amide bonds. The Balaban J connectivity index is 2.57. The molecule has 0 aliphatic heterocycles. The van der Waals surface area contributed by atoms with Crippen LogP contribution >= 0.6 is 11.3 Å². The summed E-state index contributed by atoms with van der Waals surface area (Å²) in [5.74, 6) is 1.69. The SMILES string of the molecule is COc1ccc(OC)c(-c2cs[c]c2C)c1. The smallest absolute Gasteiger partial charge is 0.126 e. The summed E-state index contributed by atoms with van der Waals surface area (Å²) in [6, 6.07) is 5.81. The Hall–Kier alpha value is -1.48. The van der Waals surface area contributed by atoms with E-state index in [9.17, 15) is 0 Å². The third kappa shape index (κ3) is 1.91. The molecule has 0 atom stereocenters. The van der Waals surface area contributed by atoms with Crippen LogP contribution in [0.25, 0.3) is 11.1 Å². The third-order valence-corrected chi connectivity index (χ3v) is 3.27. The van der Waals surface area contributed by atoms with Gasteiger partial charge < -0.3 is 9.47 Å². The first-order chi connectivity index (χ1) is 7.76. The second-order valence-corrected chi connectivity index (χ2v) is 4.12. The van der Waals surface area contributed by atoms with E-state index in [0.29, 0.717) is 0 Å². The van der Waals surface area contributed by atoms with E-state index in [2.05, 4.69) is 10.8 Å². The number of ether oxygens (including phenoxy) is 2. The van der Waals surface area contributed by atoms with Gasteiger partial charge in [-0.2, -0.15) is 0 Å². The van der Waals surface area contributed by atoms with Crippen LogP contribution < -0.4 is 9.47 Å². The maximum Gasteiger partial charge on any atom is 0.126 e. The number of hydrogen-bond donors (Lipinski definition) is 0. The molecule has 2 rings (SSSR count). The average Bonchev–Trinajstić information content (AvgIpc) is 2.74. The summed E-state index contributed by atoms with van der Waals surface area (Å²) >= 11 is 1.57. The van der Waals surface area contributed by atoms with Crippen molar-refractivity contribution >= 4 is 11.3 Å². The molecule has 0 aliphatic rings. The highest BCUT2D eigenvalue weighted by Gasteiger charge is 2.10. The number of hydrogen-bond acceptors (Lipinski definition) is 3. The van der Waals surface area contributed by atoms with Gasteiger partial charge in [-0.1, -0.05) is 0 Å². The van der Waals surface area contributed by atoms with Crippen LogP contribution in [0, 0.1) is 12.3 Å². The Morgan fingerprint density at radius 2 is 1.94 bits per heavy atom. The number of thiophene rings is 1. The molecular weight excluding hydrogens is 220 g/mol. The highest BCUT2D eigenvalue weighted by atomic mass is 32.1. The van der Waals surface area contributed by atoms with Crippen molar-refractivity contribution in [3.05, 3.63) is 34.5 Å². The predicted molar refractivity (Wildman–Crippen MR) is 66.4 cm³/mol. The van der Waals surface area contributed by atoms with E-state index < -0.39 is 0 Å². The van der Waals surface area contributed by atoms with E-state index in [0.717, 1.165) is 28.2 Å². The minimum atomic E-state index is 0.835. The van der Waals surface area contributed by atoms with Gasteiger partial charge >= 0.3 is 0 Å². The number of benzene rings is 1. The summed E-state index contributed by atoms with van der Waals surface area (Å²) in [6.07, 6.45) is 0. The quantitative estimate of drug-likeness (QED) is 0.807. The van der Waals surface area contributed by atoms with Gasteiger partial charge in [-0.3, -0.25) is 0 Å². The van der Waals surface area contributed by atoms with Crippen LogP contribution in [-0.2, 0) is 0 Å². The van der Waals surface area contributed by atoms with Crippen LogP contribution in [0.15, 0.2) is 23.6 Å². The van der Waals surface area contributed by atoms with Crippen LogP contribution in [-0.4, -0.2) is 14.2 Å². The van der Waals surface area contributed by atoms with Gasteiger partial charge in [0.2, 0.25) is 0 Å². The molecule has 1 aromatic carbocycles. The molecule has 2 aromatic rings. The average molecular weight is 233 g/mol. The number of aryl methyl sites for hydroxylation is 1. The summed E-state index contributed by atoms with van der Waals surface area (Å²) < 4.78 is 10.6. The third-order valence-electron chi connectivity index (χ3n) is 2.49. The normalized spacial score (nSPS) is 10.2. The fraction of sp³-hybridized carbons (Fsp3) is 0.231. The van der Waals surface area contributed by atoms with Crippen molar-refractivity contribution in [2.24, 2.45) is 0 Å². The molecule has 0 saturated heterocycles. The van der Waals surface area contributed by atoms with Crippen molar-refractivity contribution in [1.82, 2.24) is 0 Å². The van der Waals surface area contributed by atoms with Gasteiger partial charge in [0.15, 0.2) is 0 Å². The summed E-state index contributed by atoms with van der Waals surface area (Å²) in [5.41, 5.74) is 3.34. The van der Waals surface area contributed by atoms with Crippen molar-refractivity contribution in [3.63, 3.8) is 0 Å². The molecule has 0 fully saturated rings. The van der Waals surface area contributed by atoms with Gasteiger partial charge in [-0.15, -0.1) is 11.3 Å². The fourth-order valence-corrected chi connectivity index (χ4v) is 2.38. The zero-order chi connectivity index (χ0) is 11.5. The van der Waals surface area contributed by atoms with Gasteiger partial charge in [0.05, 0.1) is 14.2 Å². The van der Waals surface area contributed by atoms with Gasteiger partial charge in [0.25, 0.3) is 0 Å². The van der Waals surface area contributed by atoms with E-state index in [1.165, 1.54) is 0 Å². The molecule has 0 aliphatic carbocycles. The lowest BCUT2D eigenvalue weighted by atomic mass is 10.0. The van der Waals surface area contributed by atoms with E-state index in [-0.39, 0.29) is 0 Å². The number of methoxy groups -OCH3 is 2. The van der Waals surface area contributed by atoms with Crippen molar-refractivity contribution in [3.8, 4) is 22.6 Å². The second-order valence-electron chi connectivity index (χ2n) is 3.44. The summed E-state index contributed by atoms with van der Waals surface area (Å²) in [7, 11) is 3.34. The Morgan fingerprint density at radius 1 is 1.12 bits per heavy atom. The second kappa shape index (κ2) is 4.58. The predicted octanol–water partition coefficient (Wildman–Crippen LogP) is 3.54. The molecule has 0 N–H and O–H groups in total. The highest BCUT2D eigenvalue weighted by Crippen LogP contribution is 2.36.